The Bertz CT molecular complexity index is 1180. The van der Waals surface area contributed by atoms with Crippen molar-refractivity contribution in [3.05, 3.63) is 76.5 Å². The number of para-hydroxylation sites is 1. The summed E-state index contributed by atoms with van der Waals surface area (Å²) < 4.78 is 2.83. The summed E-state index contributed by atoms with van der Waals surface area (Å²) in [6.07, 6.45) is 1.67. The molecule has 3 aromatic heterocycles. The lowest BCUT2D eigenvalue weighted by Crippen LogP contribution is -2.31. The third-order valence-electron chi connectivity index (χ3n) is 4.19. The van der Waals surface area contributed by atoms with Crippen LogP contribution in [0.2, 0.25) is 0 Å². The van der Waals surface area contributed by atoms with E-state index in [1.165, 1.54) is 9.08 Å². The summed E-state index contributed by atoms with van der Waals surface area (Å²) in [6.45, 7) is 2.46. The number of benzene rings is 1. The zero-order valence-corrected chi connectivity index (χ0v) is 14.2. The highest BCUT2D eigenvalue weighted by molar-refractivity contribution is 6.06. The third kappa shape index (κ3) is 2.83. The van der Waals surface area contributed by atoms with E-state index in [4.69, 9.17) is 0 Å². The number of carbonyl (C=O) groups excluding carboxylic acids is 1. The van der Waals surface area contributed by atoms with Gasteiger partial charge in [0.05, 0.1) is 17.6 Å². The summed E-state index contributed by atoms with van der Waals surface area (Å²) >= 11 is 0. The van der Waals surface area contributed by atoms with E-state index in [0.717, 1.165) is 16.6 Å². The van der Waals surface area contributed by atoms with Crippen LogP contribution in [-0.4, -0.2) is 31.6 Å². The normalized spacial score (nSPS) is 11.1. The number of nitrogens with one attached hydrogen (secondary N) is 1. The van der Waals surface area contributed by atoms with Gasteiger partial charge in [0, 0.05) is 23.8 Å². The van der Waals surface area contributed by atoms with Crippen LogP contribution in [0.5, 0.6) is 0 Å². The lowest BCUT2D eigenvalue weighted by molar-refractivity contribution is 0.0953. The van der Waals surface area contributed by atoms with E-state index in [1.807, 2.05) is 37.3 Å². The molecule has 0 saturated carbocycles. The molecule has 4 rings (SSSR count). The molecule has 0 unspecified atom stereocenters. The van der Waals surface area contributed by atoms with E-state index in [2.05, 4.69) is 15.4 Å². The van der Waals surface area contributed by atoms with Crippen LogP contribution < -0.4 is 11.0 Å². The number of fused-ring (bicyclic) bond motifs is 2. The summed E-state index contributed by atoms with van der Waals surface area (Å²) in [5.41, 5.74) is 2.51. The summed E-state index contributed by atoms with van der Waals surface area (Å²) in [5, 5.41) is 7.92. The molecular formula is C19H17N5O2. The molecule has 0 radical (unpaired) electrons. The van der Waals surface area contributed by atoms with Gasteiger partial charge >= 0.3 is 5.69 Å². The molecule has 0 fully saturated rings. The van der Waals surface area contributed by atoms with Gasteiger partial charge < -0.3 is 5.32 Å². The van der Waals surface area contributed by atoms with Crippen molar-refractivity contribution in [1.29, 1.82) is 0 Å². The average molecular weight is 347 g/mol. The van der Waals surface area contributed by atoms with E-state index >= 15 is 0 Å². The van der Waals surface area contributed by atoms with E-state index < -0.39 is 0 Å². The summed E-state index contributed by atoms with van der Waals surface area (Å²) in [5.74, 6) is -0.191. The van der Waals surface area contributed by atoms with Crippen LogP contribution in [0.25, 0.3) is 16.6 Å². The molecule has 0 spiro atoms. The first-order chi connectivity index (χ1) is 12.6. The van der Waals surface area contributed by atoms with Crippen LogP contribution in [-0.2, 0) is 6.54 Å². The van der Waals surface area contributed by atoms with E-state index in [9.17, 15) is 9.59 Å². The van der Waals surface area contributed by atoms with Gasteiger partial charge in [-0.3, -0.25) is 14.2 Å². The maximum atomic E-state index is 12.6. The Morgan fingerprint density at radius 2 is 1.96 bits per heavy atom. The molecule has 0 bridgehead atoms. The van der Waals surface area contributed by atoms with Gasteiger partial charge in [0.25, 0.3) is 5.91 Å². The molecule has 0 atom stereocenters. The first kappa shape index (κ1) is 16.0. The minimum absolute atomic E-state index is 0.191. The highest BCUT2D eigenvalue weighted by atomic mass is 16.2. The van der Waals surface area contributed by atoms with Gasteiger partial charge in [-0.05, 0) is 31.2 Å². The maximum absolute atomic E-state index is 12.6. The number of hydrogen-bond acceptors (Lipinski definition) is 4. The monoisotopic (exact) mass is 347 g/mol. The van der Waals surface area contributed by atoms with Crippen molar-refractivity contribution >= 4 is 22.5 Å². The molecule has 0 aliphatic carbocycles. The zero-order chi connectivity index (χ0) is 18.1. The Balaban J connectivity index is 1.52. The molecule has 1 N–H and O–H groups in total. The fourth-order valence-electron chi connectivity index (χ4n) is 2.98. The van der Waals surface area contributed by atoms with Gasteiger partial charge in [-0.2, -0.15) is 0 Å². The van der Waals surface area contributed by atoms with Crippen LogP contribution in [0.15, 0.2) is 59.5 Å². The number of amides is 1. The Kier molecular flexibility index (Phi) is 3.96. The molecule has 130 valence electrons. The lowest BCUT2D eigenvalue weighted by Gasteiger charge is -2.08. The van der Waals surface area contributed by atoms with Crippen molar-refractivity contribution in [2.24, 2.45) is 0 Å². The zero-order valence-electron chi connectivity index (χ0n) is 14.2. The molecule has 7 heteroatoms. The van der Waals surface area contributed by atoms with E-state index in [-0.39, 0.29) is 11.6 Å². The van der Waals surface area contributed by atoms with Crippen molar-refractivity contribution in [3.8, 4) is 0 Å². The van der Waals surface area contributed by atoms with Gasteiger partial charge in [-0.1, -0.05) is 24.3 Å². The largest absolute Gasteiger partial charge is 0.350 e. The molecule has 7 nitrogen and oxygen atoms in total. The Morgan fingerprint density at radius 3 is 2.81 bits per heavy atom. The number of carbonyl (C=O) groups is 1. The highest BCUT2D eigenvalue weighted by Gasteiger charge is 2.12. The molecule has 1 amide bonds. The molecule has 0 saturated heterocycles. The standard InChI is InChI=1S/C19H17N5O2/c1-13-12-15(14-6-2-3-7-16(14)21-13)18(25)20-9-11-24-19(26)23-10-5-4-8-17(23)22-24/h2-8,10,12H,9,11H2,1H3,(H,20,25). The van der Waals surface area contributed by atoms with Gasteiger partial charge in [0.1, 0.15) is 0 Å². The number of nitrogens with zero attached hydrogens (tertiary/aromatic N) is 4. The molecule has 3 heterocycles. The summed E-state index contributed by atoms with van der Waals surface area (Å²) in [4.78, 5) is 29.3. The van der Waals surface area contributed by atoms with Crippen LogP contribution in [0.4, 0.5) is 0 Å². The molecular weight excluding hydrogens is 330 g/mol. The minimum atomic E-state index is -0.222. The topological polar surface area (TPSA) is 81.3 Å². The van der Waals surface area contributed by atoms with E-state index in [1.54, 1.807) is 24.4 Å². The van der Waals surface area contributed by atoms with Crippen LogP contribution in [0.3, 0.4) is 0 Å². The second-order valence-electron chi connectivity index (χ2n) is 6.02. The van der Waals surface area contributed by atoms with Crippen LogP contribution in [0, 0.1) is 6.92 Å². The minimum Gasteiger partial charge on any atom is -0.350 e. The molecule has 1 aromatic carbocycles. The summed E-state index contributed by atoms with van der Waals surface area (Å²) in [7, 11) is 0. The van der Waals surface area contributed by atoms with Crippen LogP contribution >= 0.6 is 0 Å². The lowest BCUT2D eigenvalue weighted by atomic mass is 10.1. The van der Waals surface area contributed by atoms with Crippen molar-refractivity contribution in [3.63, 3.8) is 0 Å². The number of aromatic nitrogens is 4. The Morgan fingerprint density at radius 1 is 1.15 bits per heavy atom. The Hall–Kier alpha value is -3.48. The van der Waals surface area contributed by atoms with Gasteiger partial charge in [0.15, 0.2) is 5.65 Å². The van der Waals surface area contributed by atoms with Crippen LogP contribution in [0.1, 0.15) is 16.1 Å². The quantitative estimate of drug-likeness (QED) is 0.610. The molecule has 26 heavy (non-hydrogen) atoms. The molecule has 4 aromatic rings. The number of aryl methyl sites for hydroxylation is 1. The van der Waals surface area contributed by atoms with Gasteiger partial charge in [-0.15, -0.1) is 5.10 Å². The smallest absolute Gasteiger partial charge is 0.350 e. The van der Waals surface area contributed by atoms with Crippen molar-refractivity contribution < 1.29 is 4.79 Å². The fraction of sp³-hybridized carbons (Fsp3) is 0.158. The van der Waals surface area contributed by atoms with Gasteiger partial charge in [0.2, 0.25) is 0 Å². The van der Waals surface area contributed by atoms with E-state index in [0.29, 0.717) is 24.3 Å². The first-order valence-electron chi connectivity index (χ1n) is 8.32. The van der Waals surface area contributed by atoms with Crippen molar-refractivity contribution in [1.82, 2.24) is 24.5 Å². The molecule has 0 aliphatic heterocycles. The second-order valence-corrected chi connectivity index (χ2v) is 6.02. The Labute approximate surface area is 148 Å². The number of rotatable bonds is 4. The second kappa shape index (κ2) is 6.44. The molecule has 0 aliphatic rings. The summed E-state index contributed by atoms with van der Waals surface area (Å²) in [6, 6.07) is 14.7. The predicted molar refractivity (Wildman–Crippen MR) is 98.3 cm³/mol. The third-order valence-corrected chi connectivity index (χ3v) is 4.19. The van der Waals surface area contributed by atoms with Gasteiger partial charge in [-0.25, -0.2) is 9.48 Å². The first-order valence-corrected chi connectivity index (χ1v) is 8.32. The number of pyridine rings is 2. The number of hydrogen-bond donors (Lipinski definition) is 1. The fourth-order valence-corrected chi connectivity index (χ4v) is 2.98. The SMILES string of the molecule is Cc1cc(C(=O)NCCn2nc3ccccn3c2=O)c2ccccc2n1. The highest BCUT2D eigenvalue weighted by Crippen LogP contribution is 2.17. The maximum Gasteiger partial charge on any atom is 0.350 e. The average Bonchev–Trinajstić information content (AvgIpc) is 2.97. The predicted octanol–water partition coefficient (Wildman–Crippen LogP) is 1.78. The van der Waals surface area contributed by atoms with Crippen molar-refractivity contribution in [2.45, 2.75) is 13.5 Å². The van der Waals surface area contributed by atoms with Crippen molar-refractivity contribution in [2.75, 3.05) is 6.54 Å².